The second-order valence-electron chi connectivity index (χ2n) is 6.60. The summed E-state index contributed by atoms with van der Waals surface area (Å²) in [5.41, 5.74) is 9.06. The highest BCUT2D eigenvalue weighted by atomic mass is 16.5. The Balaban J connectivity index is 2.26. The van der Waals surface area contributed by atoms with Crippen molar-refractivity contribution >= 4 is 17.3 Å². The lowest BCUT2D eigenvalue weighted by Crippen LogP contribution is -2.48. The van der Waals surface area contributed by atoms with Gasteiger partial charge in [0.25, 0.3) is 0 Å². The van der Waals surface area contributed by atoms with E-state index in [1.54, 1.807) is 0 Å². The monoisotopic (exact) mass is 320 g/mol. The Bertz CT molecular complexity index is 545. The summed E-state index contributed by atoms with van der Waals surface area (Å²) < 4.78 is 5.61. The molecule has 23 heavy (non-hydrogen) atoms. The van der Waals surface area contributed by atoms with Crippen molar-refractivity contribution in [1.82, 2.24) is 0 Å². The highest BCUT2D eigenvalue weighted by Gasteiger charge is 2.27. The molecular formula is C18H28N2O3. The summed E-state index contributed by atoms with van der Waals surface area (Å²) >= 11 is 0. The Morgan fingerprint density at radius 3 is 2.78 bits per heavy atom. The third-order valence-electron chi connectivity index (χ3n) is 4.68. The molecule has 0 aromatic heterocycles. The first-order valence-corrected chi connectivity index (χ1v) is 8.39. The SMILES string of the molecule is CC[C@H](CC(=O)O)c1ccc(N2CCOCC2C(C)C)c(N)c1. The van der Waals surface area contributed by atoms with Gasteiger partial charge in [-0.05, 0) is 36.0 Å². The molecule has 2 atom stereocenters. The lowest BCUT2D eigenvalue weighted by molar-refractivity contribution is -0.137. The zero-order chi connectivity index (χ0) is 17.0. The Kier molecular flexibility index (Phi) is 5.88. The lowest BCUT2D eigenvalue weighted by Gasteiger charge is -2.40. The minimum Gasteiger partial charge on any atom is -0.481 e. The quantitative estimate of drug-likeness (QED) is 0.788. The van der Waals surface area contributed by atoms with Gasteiger partial charge < -0.3 is 20.5 Å². The van der Waals surface area contributed by atoms with Gasteiger partial charge in [0.15, 0.2) is 0 Å². The van der Waals surface area contributed by atoms with Crippen LogP contribution < -0.4 is 10.6 Å². The number of carboxylic acid groups (broad SMARTS) is 1. The van der Waals surface area contributed by atoms with E-state index in [4.69, 9.17) is 15.6 Å². The van der Waals surface area contributed by atoms with E-state index >= 15 is 0 Å². The van der Waals surface area contributed by atoms with Gasteiger partial charge in [-0.15, -0.1) is 0 Å². The minimum absolute atomic E-state index is 0.00874. The molecule has 1 fully saturated rings. The summed E-state index contributed by atoms with van der Waals surface area (Å²) in [6.07, 6.45) is 0.929. The van der Waals surface area contributed by atoms with Crippen LogP contribution in [0.3, 0.4) is 0 Å². The molecule has 0 radical (unpaired) electrons. The molecule has 1 aliphatic rings. The van der Waals surface area contributed by atoms with Crippen molar-refractivity contribution in [3.63, 3.8) is 0 Å². The number of morpholine rings is 1. The topological polar surface area (TPSA) is 75.8 Å². The number of nitrogen functional groups attached to an aromatic ring is 1. The summed E-state index contributed by atoms with van der Waals surface area (Å²) in [7, 11) is 0. The number of carbonyl (C=O) groups is 1. The Labute approximate surface area is 138 Å². The number of nitrogens with zero attached hydrogens (tertiary/aromatic N) is 1. The van der Waals surface area contributed by atoms with Crippen LogP contribution in [0.25, 0.3) is 0 Å². The minimum atomic E-state index is -0.771. The molecule has 5 nitrogen and oxygen atoms in total. The zero-order valence-corrected chi connectivity index (χ0v) is 14.3. The molecule has 128 valence electrons. The molecule has 0 spiro atoms. The van der Waals surface area contributed by atoms with Crippen LogP contribution in [0, 0.1) is 5.92 Å². The fourth-order valence-corrected chi connectivity index (χ4v) is 3.27. The first-order valence-electron chi connectivity index (χ1n) is 8.39. The van der Waals surface area contributed by atoms with Crippen molar-refractivity contribution in [3.8, 4) is 0 Å². The number of benzene rings is 1. The van der Waals surface area contributed by atoms with Crippen molar-refractivity contribution in [2.75, 3.05) is 30.4 Å². The van der Waals surface area contributed by atoms with Gasteiger partial charge in [0, 0.05) is 6.54 Å². The molecule has 1 saturated heterocycles. The van der Waals surface area contributed by atoms with E-state index in [-0.39, 0.29) is 12.3 Å². The summed E-state index contributed by atoms with van der Waals surface area (Å²) in [6, 6.07) is 6.32. The molecule has 1 aromatic rings. The Morgan fingerprint density at radius 2 is 2.22 bits per heavy atom. The third kappa shape index (κ3) is 4.16. The second kappa shape index (κ2) is 7.68. The van der Waals surface area contributed by atoms with Crippen molar-refractivity contribution < 1.29 is 14.6 Å². The number of ether oxygens (including phenoxy) is 1. The molecule has 2 rings (SSSR count). The number of carboxylic acids is 1. The molecule has 1 aliphatic heterocycles. The van der Waals surface area contributed by atoms with E-state index in [0.29, 0.717) is 18.6 Å². The van der Waals surface area contributed by atoms with E-state index in [2.05, 4.69) is 18.7 Å². The predicted molar refractivity (Wildman–Crippen MR) is 92.9 cm³/mol. The molecule has 1 heterocycles. The van der Waals surface area contributed by atoms with Crippen molar-refractivity contribution in [1.29, 1.82) is 0 Å². The number of nitrogens with two attached hydrogens (primary N) is 1. The van der Waals surface area contributed by atoms with E-state index < -0.39 is 5.97 Å². The van der Waals surface area contributed by atoms with Gasteiger partial charge in [0.2, 0.25) is 0 Å². The van der Waals surface area contributed by atoms with E-state index in [0.717, 1.165) is 36.5 Å². The summed E-state index contributed by atoms with van der Waals surface area (Å²) in [4.78, 5) is 13.3. The van der Waals surface area contributed by atoms with Gasteiger partial charge in [0.05, 0.1) is 37.1 Å². The number of anilines is 2. The summed E-state index contributed by atoms with van der Waals surface area (Å²) in [5, 5.41) is 9.05. The number of rotatable bonds is 6. The fourth-order valence-electron chi connectivity index (χ4n) is 3.27. The van der Waals surface area contributed by atoms with Gasteiger partial charge in [0.1, 0.15) is 0 Å². The smallest absolute Gasteiger partial charge is 0.303 e. The largest absolute Gasteiger partial charge is 0.481 e. The molecule has 0 aliphatic carbocycles. The lowest BCUT2D eigenvalue weighted by atomic mass is 9.92. The highest BCUT2D eigenvalue weighted by Crippen LogP contribution is 2.33. The van der Waals surface area contributed by atoms with E-state index in [9.17, 15) is 4.79 Å². The number of hydrogen-bond acceptors (Lipinski definition) is 4. The van der Waals surface area contributed by atoms with E-state index in [1.165, 1.54) is 0 Å². The molecule has 0 amide bonds. The normalized spacial score (nSPS) is 19.8. The fraction of sp³-hybridized carbons (Fsp3) is 0.611. The van der Waals surface area contributed by atoms with Gasteiger partial charge in [-0.3, -0.25) is 4.79 Å². The molecule has 0 bridgehead atoms. The third-order valence-corrected chi connectivity index (χ3v) is 4.68. The van der Waals surface area contributed by atoms with Crippen LogP contribution in [0.4, 0.5) is 11.4 Å². The molecular weight excluding hydrogens is 292 g/mol. The van der Waals surface area contributed by atoms with Gasteiger partial charge in [-0.25, -0.2) is 0 Å². The van der Waals surface area contributed by atoms with Crippen LogP contribution >= 0.6 is 0 Å². The maximum Gasteiger partial charge on any atom is 0.303 e. The first-order chi connectivity index (χ1) is 10.9. The highest BCUT2D eigenvalue weighted by molar-refractivity contribution is 5.71. The molecule has 1 aromatic carbocycles. The van der Waals surface area contributed by atoms with Crippen LogP contribution in [0.2, 0.25) is 0 Å². The maximum absolute atomic E-state index is 11.0. The van der Waals surface area contributed by atoms with Crippen LogP contribution in [-0.4, -0.2) is 36.9 Å². The maximum atomic E-state index is 11.0. The average molecular weight is 320 g/mol. The predicted octanol–water partition coefficient (Wildman–Crippen LogP) is 3.10. The van der Waals surface area contributed by atoms with Crippen LogP contribution in [0.5, 0.6) is 0 Å². The molecule has 1 unspecified atom stereocenters. The molecule has 0 saturated carbocycles. The van der Waals surface area contributed by atoms with Crippen molar-refractivity contribution in [2.24, 2.45) is 5.92 Å². The van der Waals surface area contributed by atoms with Crippen molar-refractivity contribution in [2.45, 2.75) is 45.6 Å². The zero-order valence-electron chi connectivity index (χ0n) is 14.3. The number of hydrogen-bond donors (Lipinski definition) is 2. The van der Waals surface area contributed by atoms with E-state index in [1.807, 2.05) is 25.1 Å². The number of aliphatic carboxylic acids is 1. The van der Waals surface area contributed by atoms with Gasteiger partial charge >= 0.3 is 5.97 Å². The van der Waals surface area contributed by atoms with Crippen LogP contribution in [0.1, 0.15) is 45.1 Å². The van der Waals surface area contributed by atoms with Crippen LogP contribution in [-0.2, 0) is 9.53 Å². The van der Waals surface area contributed by atoms with Crippen LogP contribution in [0.15, 0.2) is 18.2 Å². The summed E-state index contributed by atoms with van der Waals surface area (Å²) in [6.45, 7) is 8.65. The van der Waals surface area contributed by atoms with Gasteiger partial charge in [-0.1, -0.05) is 26.8 Å². The first kappa shape index (κ1) is 17.6. The van der Waals surface area contributed by atoms with Crippen molar-refractivity contribution in [3.05, 3.63) is 23.8 Å². The summed E-state index contributed by atoms with van der Waals surface area (Å²) in [5.74, 6) is -0.285. The standard InChI is InChI=1S/C18H28N2O3/c1-4-13(10-18(21)22)14-5-6-16(15(19)9-14)20-7-8-23-11-17(20)12(2)3/h5-6,9,12-13,17H,4,7-8,10-11,19H2,1-3H3,(H,21,22)/t13-,17?/m1/s1. The second-order valence-corrected chi connectivity index (χ2v) is 6.60. The molecule has 3 N–H and O–H groups in total. The Morgan fingerprint density at radius 1 is 1.48 bits per heavy atom. The Hall–Kier alpha value is -1.75. The average Bonchev–Trinajstić information content (AvgIpc) is 2.52. The van der Waals surface area contributed by atoms with Gasteiger partial charge in [-0.2, -0.15) is 0 Å². The molecule has 5 heteroatoms.